The van der Waals surface area contributed by atoms with Gasteiger partial charge in [0, 0.05) is 13.1 Å². The van der Waals surface area contributed by atoms with Gasteiger partial charge in [-0.05, 0) is 32.2 Å². The minimum atomic E-state index is 0.0952. The van der Waals surface area contributed by atoms with E-state index in [4.69, 9.17) is 0 Å². The minimum absolute atomic E-state index is 0.0952. The molecule has 0 aliphatic carbocycles. The second-order valence-corrected chi connectivity index (χ2v) is 5.84. The fourth-order valence-electron chi connectivity index (χ4n) is 1.75. The van der Waals surface area contributed by atoms with E-state index in [1.807, 2.05) is 43.2 Å². The predicted octanol–water partition coefficient (Wildman–Crippen LogP) is 3.66. The van der Waals surface area contributed by atoms with E-state index in [9.17, 15) is 4.79 Å². The fraction of sp³-hybridized carbons (Fsp3) is 0.385. The van der Waals surface area contributed by atoms with Crippen molar-refractivity contribution >= 4 is 28.6 Å². The lowest BCUT2D eigenvalue weighted by atomic mass is 10.3. The Morgan fingerprint density at radius 2 is 2.11 bits per heavy atom. The van der Waals surface area contributed by atoms with Gasteiger partial charge < -0.3 is 4.90 Å². The van der Waals surface area contributed by atoms with Gasteiger partial charge in [-0.3, -0.25) is 4.79 Å². The number of rotatable bonds is 4. The number of amides is 1. The summed E-state index contributed by atoms with van der Waals surface area (Å²) in [6, 6.07) is 4.04. The van der Waals surface area contributed by atoms with Crippen LogP contribution in [-0.4, -0.2) is 28.9 Å². The van der Waals surface area contributed by atoms with Crippen molar-refractivity contribution in [3.05, 3.63) is 28.1 Å². The first-order valence-corrected chi connectivity index (χ1v) is 7.67. The summed E-state index contributed by atoms with van der Waals surface area (Å²) in [5, 5.41) is 2.97. The third-order valence-electron chi connectivity index (χ3n) is 2.77. The molecule has 0 bridgehead atoms. The summed E-state index contributed by atoms with van der Waals surface area (Å²) in [6.07, 6.45) is 0. The molecule has 0 radical (unpaired) electrons. The summed E-state index contributed by atoms with van der Waals surface area (Å²) >= 11 is 3.15. The molecule has 2 rings (SSSR count). The maximum Gasteiger partial charge on any atom is 0.265 e. The van der Waals surface area contributed by atoms with Gasteiger partial charge in [-0.1, -0.05) is 6.07 Å². The van der Waals surface area contributed by atoms with Crippen molar-refractivity contribution in [1.82, 2.24) is 9.88 Å². The molecule has 2 aromatic rings. The van der Waals surface area contributed by atoms with Crippen LogP contribution in [-0.2, 0) is 0 Å². The minimum Gasteiger partial charge on any atom is -0.338 e. The van der Waals surface area contributed by atoms with Gasteiger partial charge in [0.1, 0.15) is 9.88 Å². The van der Waals surface area contributed by atoms with E-state index in [1.54, 1.807) is 11.3 Å². The molecule has 0 unspecified atom stereocenters. The Kier molecular flexibility index (Phi) is 4.14. The average molecular weight is 280 g/mol. The van der Waals surface area contributed by atoms with Crippen LogP contribution >= 0.6 is 22.7 Å². The molecule has 2 heterocycles. The van der Waals surface area contributed by atoms with E-state index in [0.717, 1.165) is 33.5 Å². The van der Waals surface area contributed by atoms with Crippen molar-refractivity contribution in [2.75, 3.05) is 13.1 Å². The highest BCUT2D eigenvalue weighted by Gasteiger charge is 2.20. The Labute approximate surface area is 115 Å². The van der Waals surface area contributed by atoms with Crippen LogP contribution in [0.15, 0.2) is 17.5 Å². The number of hydrogen-bond donors (Lipinski definition) is 0. The molecule has 3 nitrogen and oxygen atoms in total. The first-order chi connectivity index (χ1) is 8.67. The number of carbonyl (C=O) groups excluding carboxylic acids is 1. The lowest BCUT2D eigenvalue weighted by Crippen LogP contribution is -2.30. The van der Waals surface area contributed by atoms with Crippen molar-refractivity contribution in [2.45, 2.75) is 20.8 Å². The number of hydrogen-bond acceptors (Lipinski definition) is 4. The molecule has 1 amide bonds. The van der Waals surface area contributed by atoms with Crippen molar-refractivity contribution in [3.63, 3.8) is 0 Å². The molecule has 18 heavy (non-hydrogen) atoms. The largest absolute Gasteiger partial charge is 0.338 e. The van der Waals surface area contributed by atoms with E-state index in [1.165, 1.54) is 11.3 Å². The smallest absolute Gasteiger partial charge is 0.265 e. The summed E-state index contributed by atoms with van der Waals surface area (Å²) in [5.41, 5.74) is 0.834. The zero-order valence-electron chi connectivity index (χ0n) is 10.8. The fourth-order valence-corrected chi connectivity index (χ4v) is 3.59. The monoisotopic (exact) mass is 280 g/mol. The van der Waals surface area contributed by atoms with Crippen molar-refractivity contribution in [1.29, 1.82) is 0 Å². The zero-order valence-corrected chi connectivity index (χ0v) is 12.4. The van der Waals surface area contributed by atoms with E-state index in [0.29, 0.717) is 0 Å². The molecular weight excluding hydrogens is 264 g/mol. The molecule has 0 spiro atoms. The number of aryl methyl sites for hydroxylation is 1. The number of nitrogens with zero attached hydrogens (tertiary/aromatic N) is 2. The van der Waals surface area contributed by atoms with Gasteiger partial charge in [0.2, 0.25) is 0 Å². The van der Waals surface area contributed by atoms with Gasteiger partial charge in [-0.15, -0.1) is 22.7 Å². The summed E-state index contributed by atoms with van der Waals surface area (Å²) < 4.78 is 0. The molecule has 0 N–H and O–H groups in total. The zero-order chi connectivity index (χ0) is 13.1. The SMILES string of the molecule is CCN(CC)C(=O)c1sc(-c2cccs2)nc1C. The number of carbonyl (C=O) groups is 1. The highest BCUT2D eigenvalue weighted by atomic mass is 32.1. The van der Waals surface area contributed by atoms with Crippen LogP contribution in [0.5, 0.6) is 0 Å². The van der Waals surface area contributed by atoms with Crippen LogP contribution in [0, 0.1) is 6.92 Å². The van der Waals surface area contributed by atoms with Gasteiger partial charge >= 0.3 is 0 Å². The lowest BCUT2D eigenvalue weighted by molar-refractivity contribution is 0.0777. The number of thiazole rings is 1. The summed E-state index contributed by atoms with van der Waals surface area (Å²) in [4.78, 5) is 20.5. The van der Waals surface area contributed by atoms with Crippen molar-refractivity contribution in [3.8, 4) is 9.88 Å². The topological polar surface area (TPSA) is 33.2 Å². The van der Waals surface area contributed by atoms with Crippen LogP contribution < -0.4 is 0 Å². The summed E-state index contributed by atoms with van der Waals surface area (Å²) in [6.45, 7) is 7.38. The number of thiophene rings is 1. The molecule has 2 aromatic heterocycles. The average Bonchev–Trinajstić information content (AvgIpc) is 2.99. The van der Waals surface area contributed by atoms with Crippen LogP contribution in [0.1, 0.15) is 29.2 Å². The molecular formula is C13H16N2OS2. The van der Waals surface area contributed by atoms with Crippen LogP contribution in [0.2, 0.25) is 0 Å². The Balaban J connectivity index is 2.32. The standard InChI is InChI=1S/C13H16N2OS2/c1-4-15(5-2)13(16)11-9(3)14-12(18-11)10-7-6-8-17-10/h6-8H,4-5H2,1-3H3. The summed E-state index contributed by atoms with van der Waals surface area (Å²) in [7, 11) is 0. The molecule has 0 fully saturated rings. The third kappa shape index (κ3) is 2.47. The van der Waals surface area contributed by atoms with Crippen molar-refractivity contribution in [2.24, 2.45) is 0 Å². The van der Waals surface area contributed by atoms with Gasteiger partial charge in [-0.25, -0.2) is 4.98 Å². The number of aromatic nitrogens is 1. The predicted molar refractivity (Wildman–Crippen MR) is 77.4 cm³/mol. The molecule has 0 aliphatic rings. The van der Waals surface area contributed by atoms with Gasteiger partial charge in [0.05, 0.1) is 10.6 Å². The molecule has 0 aromatic carbocycles. The van der Waals surface area contributed by atoms with Gasteiger partial charge in [0.15, 0.2) is 0 Å². The molecule has 0 atom stereocenters. The van der Waals surface area contributed by atoms with Gasteiger partial charge in [0.25, 0.3) is 5.91 Å². The highest BCUT2D eigenvalue weighted by Crippen LogP contribution is 2.31. The maximum atomic E-state index is 12.3. The quantitative estimate of drug-likeness (QED) is 0.856. The second-order valence-electron chi connectivity index (χ2n) is 3.89. The molecule has 5 heteroatoms. The van der Waals surface area contributed by atoms with Crippen LogP contribution in [0.4, 0.5) is 0 Å². The highest BCUT2D eigenvalue weighted by molar-refractivity contribution is 7.22. The van der Waals surface area contributed by atoms with E-state index in [-0.39, 0.29) is 5.91 Å². The second kappa shape index (κ2) is 5.63. The van der Waals surface area contributed by atoms with E-state index >= 15 is 0 Å². The summed E-state index contributed by atoms with van der Waals surface area (Å²) in [5.74, 6) is 0.0952. The maximum absolute atomic E-state index is 12.3. The molecule has 0 aliphatic heterocycles. The molecule has 96 valence electrons. The lowest BCUT2D eigenvalue weighted by Gasteiger charge is -2.17. The van der Waals surface area contributed by atoms with Crippen LogP contribution in [0.3, 0.4) is 0 Å². The Hall–Kier alpha value is -1.20. The Bertz CT molecular complexity index is 527. The first kappa shape index (κ1) is 13.2. The van der Waals surface area contributed by atoms with Crippen molar-refractivity contribution < 1.29 is 4.79 Å². The van der Waals surface area contributed by atoms with Gasteiger partial charge in [-0.2, -0.15) is 0 Å². The Morgan fingerprint density at radius 3 is 2.67 bits per heavy atom. The van der Waals surface area contributed by atoms with Crippen LogP contribution in [0.25, 0.3) is 9.88 Å². The van der Waals surface area contributed by atoms with E-state index < -0.39 is 0 Å². The first-order valence-electron chi connectivity index (χ1n) is 5.98. The molecule has 0 saturated heterocycles. The Morgan fingerprint density at radius 1 is 1.39 bits per heavy atom. The third-order valence-corrected chi connectivity index (χ3v) is 4.96. The normalized spacial score (nSPS) is 10.6. The van der Waals surface area contributed by atoms with E-state index in [2.05, 4.69) is 4.98 Å². The molecule has 0 saturated carbocycles.